The molecule has 3 heterocycles. The predicted octanol–water partition coefficient (Wildman–Crippen LogP) is 7.93. The lowest BCUT2D eigenvalue weighted by molar-refractivity contribution is -0.144. The van der Waals surface area contributed by atoms with Crippen molar-refractivity contribution in [2.45, 2.75) is 36.9 Å². The van der Waals surface area contributed by atoms with Crippen molar-refractivity contribution in [2.24, 2.45) is 5.92 Å². The molecule has 0 unspecified atom stereocenters. The van der Waals surface area contributed by atoms with E-state index in [0.717, 1.165) is 18.2 Å². The number of methoxy groups -OCH3 is 1. The summed E-state index contributed by atoms with van der Waals surface area (Å²) in [4.78, 5) is 21.9. The molecule has 0 saturated heterocycles. The van der Waals surface area contributed by atoms with Crippen LogP contribution in [0, 0.1) is 23.4 Å². The van der Waals surface area contributed by atoms with Crippen molar-refractivity contribution in [3.8, 4) is 28.6 Å². The number of rotatable bonds is 8. The number of halogens is 3. The molecule has 6 rings (SSSR count). The Bertz CT molecular complexity index is 2100. The van der Waals surface area contributed by atoms with Crippen LogP contribution in [0.2, 0.25) is 0 Å². The van der Waals surface area contributed by atoms with Crippen molar-refractivity contribution in [3.05, 3.63) is 89.1 Å². The molecular formula is C33H30F3N3O4S. The number of carbonyl (C=O) groups is 1. The summed E-state index contributed by atoms with van der Waals surface area (Å²) in [5, 5.41) is 0.0765. The lowest BCUT2D eigenvalue weighted by Gasteiger charge is -2.35. The number of nitrogens with zero attached hydrogens (tertiary/aromatic N) is 1. The van der Waals surface area contributed by atoms with Crippen LogP contribution in [0.15, 0.2) is 59.8 Å². The van der Waals surface area contributed by atoms with Gasteiger partial charge in [0.1, 0.15) is 23.1 Å². The molecular weight excluding hydrogens is 591 g/mol. The molecule has 0 spiro atoms. The second-order valence-corrected chi connectivity index (χ2v) is 11.1. The second-order valence-electron chi connectivity index (χ2n) is 10.5. The second kappa shape index (κ2) is 11.6. The molecule has 0 aliphatic carbocycles. The minimum absolute atomic E-state index is 0.00115. The van der Waals surface area contributed by atoms with E-state index in [-0.39, 0.29) is 58.1 Å². The molecule has 1 aliphatic heterocycles. The van der Waals surface area contributed by atoms with Crippen LogP contribution in [0.25, 0.3) is 22.3 Å². The molecule has 0 bridgehead atoms. The maximum absolute atomic E-state index is 15.4. The monoisotopic (exact) mass is 627 g/mol. The molecule has 0 amide bonds. The number of thioether (sulfide) groups is 1. The zero-order chi connectivity index (χ0) is 36.2. The summed E-state index contributed by atoms with van der Waals surface area (Å²) >= 11 is 0.299. The fraction of sp³-hybridized carbons (Fsp3) is 0.273. The summed E-state index contributed by atoms with van der Waals surface area (Å²) in [7, 11) is 1.28. The smallest absolute Gasteiger partial charge is 0.308 e. The Morgan fingerprint density at radius 1 is 1.20 bits per heavy atom. The highest BCUT2D eigenvalue weighted by Gasteiger charge is 2.38. The third-order valence-electron chi connectivity index (χ3n) is 7.75. The average molecular weight is 628 g/mol. The number of ether oxygens (including phenoxy) is 3. The number of aromatic nitrogens is 3. The minimum Gasteiger partial charge on any atom is -0.493 e. The summed E-state index contributed by atoms with van der Waals surface area (Å²) in [6, 6.07) is 9.75. The van der Waals surface area contributed by atoms with Crippen LogP contribution in [-0.2, 0) is 21.4 Å². The Hall–Kier alpha value is -4.38. The number of nitrogens with one attached hydrogen (secondary N) is 2. The SMILES string of the molecule is [2H]C([2H])([2H])Sc1c(Oc2ccc(F)c(-c3nc([C@@]4(C([2H])([2H])[2H])CCOc5c(C[C@@H](C)C(=O)OC)cccc54)c[nH]3)c2)c(F)c(F)c2[nH]ccc12. The first-order chi connectivity index (χ1) is 23.6. The summed E-state index contributed by atoms with van der Waals surface area (Å²) in [5.41, 5.74) is -1.12. The third-order valence-corrected chi connectivity index (χ3v) is 8.36. The van der Waals surface area contributed by atoms with Gasteiger partial charge in [0.2, 0.25) is 5.82 Å². The topological polar surface area (TPSA) is 89.2 Å². The standard InChI is InChI=1S/C33H30F3N3O4S/c1-17(32(40)41-3)14-18-6-5-7-22-28(18)42-13-11-33(22,2)24-16-38-31(39-24)21-15-19(8-9-23(21)34)43-29-26(36)25(35)27-20(10-12-37-27)30(29)44-4/h5-10,12,15-17,37H,11,13-14H2,1-4H3,(H,38,39)/t17-,33+/m1/s1/i2D3,4D3. The van der Waals surface area contributed by atoms with Crippen molar-refractivity contribution >= 4 is 28.6 Å². The number of para-hydroxylation sites is 1. The Morgan fingerprint density at radius 2 is 2.07 bits per heavy atom. The van der Waals surface area contributed by atoms with Gasteiger partial charge in [-0.05, 0) is 55.7 Å². The number of esters is 1. The molecule has 0 saturated carbocycles. The molecule has 2 N–H and O–H groups in total. The van der Waals surface area contributed by atoms with Crippen LogP contribution in [0.1, 0.15) is 45.2 Å². The number of hydrogen-bond acceptors (Lipinski definition) is 6. The largest absolute Gasteiger partial charge is 0.493 e. The molecule has 2 atom stereocenters. The van der Waals surface area contributed by atoms with Gasteiger partial charge in [0, 0.05) is 37.0 Å². The number of carbonyl (C=O) groups excluding carboxylic acids is 1. The fourth-order valence-corrected chi connectivity index (χ4v) is 5.99. The van der Waals surface area contributed by atoms with Crippen molar-refractivity contribution in [1.82, 2.24) is 15.0 Å². The molecule has 0 radical (unpaired) electrons. The van der Waals surface area contributed by atoms with Crippen LogP contribution < -0.4 is 9.47 Å². The van der Waals surface area contributed by atoms with Crippen LogP contribution in [0.4, 0.5) is 13.2 Å². The van der Waals surface area contributed by atoms with E-state index in [4.69, 9.17) is 22.4 Å². The lowest BCUT2D eigenvalue weighted by Crippen LogP contribution is -2.32. The lowest BCUT2D eigenvalue weighted by atomic mass is 9.74. The summed E-state index contributed by atoms with van der Waals surface area (Å²) in [6.07, 6.45) is 0.279. The number of aromatic amines is 2. The first-order valence-corrected chi connectivity index (χ1v) is 14.4. The van der Waals surface area contributed by atoms with Gasteiger partial charge in [-0.15, -0.1) is 11.8 Å². The Kier molecular flexibility index (Phi) is 6.08. The first kappa shape index (κ1) is 23.1. The normalized spacial score (nSPS) is 19.4. The number of benzene rings is 3. The molecule has 0 fully saturated rings. The molecule has 1 aliphatic rings. The molecule has 44 heavy (non-hydrogen) atoms. The zero-order valence-electron chi connectivity index (χ0n) is 29.5. The zero-order valence-corrected chi connectivity index (χ0v) is 24.3. The Morgan fingerprint density at radius 3 is 2.86 bits per heavy atom. The highest BCUT2D eigenvalue weighted by atomic mass is 32.2. The Labute approximate surface area is 264 Å². The number of imidazole rings is 1. The van der Waals surface area contributed by atoms with E-state index in [0.29, 0.717) is 28.6 Å². The van der Waals surface area contributed by atoms with E-state index in [9.17, 15) is 9.18 Å². The van der Waals surface area contributed by atoms with E-state index in [1.165, 1.54) is 25.6 Å². The summed E-state index contributed by atoms with van der Waals surface area (Å²) in [5.74, 6) is -5.15. The highest BCUT2D eigenvalue weighted by molar-refractivity contribution is 7.99. The van der Waals surface area contributed by atoms with Crippen LogP contribution in [0.3, 0.4) is 0 Å². The van der Waals surface area contributed by atoms with Gasteiger partial charge < -0.3 is 24.2 Å². The maximum Gasteiger partial charge on any atom is 0.308 e. The van der Waals surface area contributed by atoms with E-state index >= 15 is 8.78 Å². The van der Waals surface area contributed by atoms with Gasteiger partial charge in [-0.2, -0.15) is 4.39 Å². The summed E-state index contributed by atoms with van der Waals surface area (Å²) in [6.45, 7) is -0.962. The average Bonchev–Trinajstić information content (AvgIpc) is 3.75. The third kappa shape index (κ3) is 4.98. The first-order valence-electron chi connectivity index (χ1n) is 16.6. The van der Waals surface area contributed by atoms with Gasteiger partial charge >= 0.3 is 5.97 Å². The van der Waals surface area contributed by atoms with Gasteiger partial charge in [0.15, 0.2) is 11.6 Å². The van der Waals surface area contributed by atoms with E-state index in [1.807, 2.05) is 0 Å². The fourth-order valence-electron chi connectivity index (χ4n) is 5.48. The maximum atomic E-state index is 15.4. The van der Waals surface area contributed by atoms with Gasteiger partial charge in [-0.3, -0.25) is 4.79 Å². The van der Waals surface area contributed by atoms with Crippen molar-refractivity contribution in [1.29, 1.82) is 0 Å². The van der Waals surface area contributed by atoms with Gasteiger partial charge in [0.25, 0.3) is 0 Å². The summed E-state index contributed by atoms with van der Waals surface area (Å²) < 4.78 is 112. The van der Waals surface area contributed by atoms with E-state index in [2.05, 4.69) is 15.0 Å². The minimum atomic E-state index is -2.66. The van der Waals surface area contributed by atoms with Gasteiger partial charge in [-0.1, -0.05) is 25.1 Å². The van der Waals surface area contributed by atoms with Crippen molar-refractivity contribution < 1.29 is 40.4 Å². The Balaban J connectivity index is 1.41. The van der Waals surface area contributed by atoms with Crippen LogP contribution in [0.5, 0.6) is 17.2 Å². The van der Waals surface area contributed by atoms with Gasteiger partial charge in [0.05, 0.1) is 41.3 Å². The molecule has 11 heteroatoms. The molecule has 2 aromatic heterocycles. The number of hydrogen-bond donors (Lipinski definition) is 2. The van der Waals surface area contributed by atoms with Crippen molar-refractivity contribution in [2.75, 3.05) is 19.9 Å². The van der Waals surface area contributed by atoms with Crippen LogP contribution >= 0.6 is 11.8 Å². The molecule has 5 aromatic rings. The van der Waals surface area contributed by atoms with E-state index < -0.39 is 53.5 Å². The van der Waals surface area contributed by atoms with E-state index in [1.54, 1.807) is 25.1 Å². The predicted molar refractivity (Wildman–Crippen MR) is 162 cm³/mol. The molecule has 3 aromatic carbocycles. The highest BCUT2D eigenvalue weighted by Crippen LogP contribution is 2.46. The molecule has 7 nitrogen and oxygen atoms in total. The van der Waals surface area contributed by atoms with Crippen LogP contribution in [-0.4, -0.2) is 40.8 Å². The quantitative estimate of drug-likeness (QED) is 0.134. The number of H-pyrrole nitrogens is 2. The van der Waals surface area contributed by atoms with Crippen molar-refractivity contribution in [3.63, 3.8) is 0 Å². The molecule has 228 valence electrons. The van der Waals surface area contributed by atoms with Gasteiger partial charge in [-0.25, -0.2) is 13.8 Å². The number of fused-ring (bicyclic) bond motifs is 2.